The van der Waals surface area contributed by atoms with Crippen molar-refractivity contribution in [2.75, 3.05) is 0 Å². The fraction of sp³-hybridized carbons (Fsp3) is 0.538. The Labute approximate surface area is 86.3 Å². The molecule has 1 saturated carbocycles. The molecule has 1 aliphatic carbocycles. The van der Waals surface area contributed by atoms with E-state index in [4.69, 9.17) is 5.73 Å². The van der Waals surface area contributed by atoms with E-state index in [9.17, 15) is 0 Å². The lowest BCUT2D eigenvalue weighted by atomic mass is 10.0. The van der Waals surface area contributed by atoms with Gasteiger partial charge in [-0.2, -0.15) is 0 Å². The molecule has 0 bridgehead atoms. The Bertz CT molecular complexity index is 289. The second-order valence-corrected chi connectivity index (χ2v) is 4.35. The van der Waals surface area contributed by atoms with E-state index < -0.39 is 0 Å². The Kier molecular flexibility index (Phi) is 2.87. The van der Waals surface area contributed by atoms with Crippen LogP contribution in [0.2, 0.25) is 0 Å². The van der Waals surface area contributed by atoms with E-state index in [0.717, 1.165) is 0 Å². The standard InChI is InChI=1S/C13H19N/c1-2-3-4-10-5-7-11(8-6-10)12-9-13(12)14/h5-8,12-13H,2-4,9,14H2,1H3. The lowest BCUT2D eigenvalue weighted by Crippen LogP contribution is -2.00. The van der Waals surface area contributed by atoms with Gasteiger partial charge in [-0.25, -0.2) is 0 Å². The normalized spacial score (nSPS) is 25.0. The largest absolute Gasteiger partial charge is 0.327 e. The van der Waals surface area contributed by atoms with Gasteiger partial charge in [0.2, 0.25) is 0 Å². The maximum absolute atomic E-state index is 5.82. The van der Waals surface area contributed by atoms with Crippen molar-refractivity contribution in [1.29, 1.82) is 0 Å². The molecule has 1 aromatic carbocycles. The molecule has 2 atom stereocenters. The lowest BCUT2D eigenvalue weighted by Gasteiger charge is -2.02. The van der Waals surface area contributed by atoms with E-state index in [-0.39, 0.29) is 0 Å². The summed E-state index contributed by atoms with van der Waals surface area (Å²) in [7, 11) is 0. The Morgan fingerprint density at radius 2 is 1.93 bits per heavy atom. The fourth-order valence-corrected chi connectivity index (χ4v) is 1.91. The average Bonchev–Trinajstić information content (AvgIpc) is 2.93. The van der Waals surface area contributed by atoms with Crippen LogP contribution in [0.3, 0.4) is 0 Å². The van der Waals surface area contributed by atoms with E-state index in [1.807, 2.05) is 0 Å². The van der Waals surface area contributed by atoms with Gasteiger partial charge in [-0.3, -0.25) is 0 Å². The van der Waals surface area contributed by atoms with E-state index in [0.29, 0.717) is 12.0 Å². The van der Waals surface area contributed by atoms with Crippen molar-refractivity contribution >= 4 is 0 Å². The first-order chi connectivity index (χ1) is 6.81. The molecule has 2 rings (SSSR count). The third kappa shape index (κ3) is 2.16. The highest BCUT2D eigenvalue weighted by Gasteiger charge is 2.34. The van der Waals surface area contributed by atoms with Crippen molar-refractivity contribution in [2.45, 2.75) is 44.6 Å². The van der Waals surface area contributed by atoms with Crippen LogP contribution in [0, 0.1) is 0 Å². The van der Waals surface area contributed by atoms with Gasteiger partial charge in [0.1, 0.15) is 0 Å². The number of hydrogen-bond acceptors (Lipinski definition) is 1. The minimum atomic E-state index is 0.427. The molecule has 0 spiro atoms. The molecule has 0 radical (unpaired) electrons. The van der Waals surface area contributed by atoms with Crippen molar-refractivity contribution in [3.05, 3.63) is 35.4 Å². The first-order valence-electron chi connectivity index (χ1n) is 5.65. The third-order valence-corrected chi connectivity index (χ3v) is 3.07. The van der Waals surface area contributed by atoms with Crippen LogP contribution in [0.1, 0.15) is 43.2 Å². The monoisotopic (exact) mass is 189 g/mol. The van der Waals surface area contributed by atoms with Crippen LogP contribution in [0.5, 0.6) is 0 Å². The molecular weight excluding hydrogens is 170 g/mol. The highest BCUT2D eigenvalue weighted by Crippen LogP contribution is 2.38. The van der Waals surface area contributed by atoms with Crippen LogP contribution in [0.4, 0.5) is 0 Å². The second kappa shape index (κ2) is 4.14. The van der Waals surface area contributed by atoms with Crippen molar-refractivity contribution < 1.29 is 0 Å². The predicted molar refractivity (Wildman–Crippen MR) is 60.4 cm³/mol. The molecule has 1 aliphatic rings. The van der Waals surface area contributed by atoms with Gasteiger partial charge in [0.25, 0.3) is 0 Å². The van der Waals surface area contributed by atoms with Crippen molar-refractivity contribution in [3.63, 3.8) is 0 Å². The molecule has 0 amide bonds. The van der Waals surface area contributed by atoms with Crippen LogP contribution in [0.25, 0.3) is 0 Å². The summed E-state index contributed by atoms with van der Waals surface area (Å²) in [6.07, 6.45) is 4.96. The smallest absolute Gasteiger partial charge is 0.0115 e. The third-order valence-electron chi connectivity index (χ3n) is 3.07. The van der Waals surface area contributed by atoms with Crippen molar-refractivity contribution in [2.24, 2.45) is 5.73 Å². The molecule has 2 N–H and O–H groups in total. The molecule has 0 aliphatic heterocycles. The number of unbranched alkanes of at least 4 members (excludes halogenated alkanes) is 1. The van der Waals surface area contributed by atoms with Gasteiger partial charge >= 0.3 is 0 Å². The number of rotatable bonds is 4. The summed E-state index contributed by atoms with van der Waals surface area (Å²) in [4.78, 5) is 0. The van der Waals surface area contributed by atoms with E-state index in [1.165, 1.54) is 36.8 Å². The van der Waals surface area contributed by atoms with Gasteiger partial charge < -0.3 is 5.73 Å². The van der Waals surface area contributed by atoms with E-state index >= 15 is 0 Å². The highest BCUT2D eigenvalue weighted by molar-refractivity contribution is 5.30. The molecule has 76 valence electrons. The lowest BCUT2D eigenvalue weighted by molar-refractivity contribution is 0.794. The highest BCUT2D eigenvalue weighted by atomic mass is 14.7. The molecule has 1 fully saturated rings. The van der Waals surface area contributed by atoms with Gasteiger partial charge in [-0.05, 0) is 30.4 Å². The minimum absolute atomic E-state index is 0.427. The van der Waals surface area contributed by atoms with E-state index in [1.54, 1.807) is 0 Å². The zero-order chi connectivity index (χ0) is 9.97. The predicted octanol–water partition coefficient (Wildman–Crippen LogP) is 2.84. The molecule has 0 aromatic heterocycles. The molecule has 14 heavy (non-hydrogen) atoms. The average molecular weight is 189 g/mol. The van der Waals surface area contributed by atoms with Gasteiger partial charge in [0.05, 0.1) is 0 Å². The van der Waals surface area contributed by atoms with Crippen molar-refractivity contribution in [1.82, 2.24) is 0 Å². The number of nitrogens with two attached hydrogens (primary N) is 1. The van der Waals surface area contributed by atoms with Crippen LogP contribution in [-0.4, -0.2) is 6.04 Å². The fourth-order valence-electron chi connectivity index (χ4n) is 1.91. The topological polar surface area (TPSA) is 26.0 Å². The molecule has 1 nitrogen and oxygen atoms in total. The first-order valence-corrected chi connectivity index (χ1v) is 5.65. The SMILES string of the molecule is CCCCc1ccc(C2CC2N)cc1. The summed E-state index contributed by atoms with van der Waals surface area (Å²) in [6, 6.07) is 9.45. The Morgan fingerprint density at radius 1 is 1.29 bits per heavy atom. The number of benzene rings is 1. The first kappa shape index (κ1) is 9.72. The quantitative estimate of drug-likeness (QED) is 0.774. The van der Waals surface area contributed by atoms with Gasteiger partial charge in [-0.1, -0.05) is 37.6 Å². The zero-order valence-electron chi connectivity index (χ0n) is 8.87. The van der Waals surface area contributed by atoms with Gasteiger partial charge in [0.15, 0.2) is 0 Å². The summed E-state index contributed by atoms with van der Waals surface area (Å²) < 4.78 is 0. The Morgan fingerprint density at radius 3 is 2.43 bits per heavy atom. The van der Waals surface area contributed by atoms with Gasteiger partial charge in [-0.15, -0.1) is 0 Å². The molecule has 1 aromatic rings. The van der Waals surface area contributed by atoms with Gasteiger partial charge in [0, 0.05) is 12.0 Å². The maximum atomic E-state index is 5.82. The van der Waals surface area contributed by atoms with Crippen molar-refractivity contribution in [3.8, 4) is 0 Å². The molecular formula is C13H19N. The summed E-state index contributed by atoms with van der Waals surface area (Å²) in [5.41, 5.74) is 8.71. The summed E-state index contributed by atoms with van der Waals surface area (Å²) in [5, 5.41) is 0. The van der Waals surface area contributed by atoms with Crippen LogP contribution >= 0.6 is 0 Å². The summed E-state index contributed by atoms with van der Waals surface area (Å²) in [6.45, 7) is 2.23. The molecule has 0 heterocycles. The minimum Gasteiger partial charge on any atom is -0.327 e. The number of aryl methyl sites for hydroxylation is 1. The zero-order valence-corrected chi connectivity index (χ0v) is 8.87. The molecule has 2 unspecified atom stereocenters. The van der Waals surface area contributed by atoms with E-state index in [2.05, 4.69) is 31.2 Å². The molecule has 0 saturated heterocycles. The van der Waals surface area contributed by atoms with Crippen LogP contribution in [0.15, 0.2) is 24.3 Å². The maximum Gasteiger partial charge on any atom is 0.0115 e. The number of hydrogen-bond donors (Lipinski definition) is 1. The summed E-state index contributed by atoms with van der Waals surface area (Å²) >= 11 is 0. The Hall–Kier alpha value is -0.820. The van der Waals surface area contributed by atoms with Crippen LogP contribution in [-0.2, 0) is 6.42 Å². The second-order valence-electron chi connectivity index (χ2n) is 4.35. The Balaban J connectivity index is 1.96. The molecule has 1 heteroatoms. The van der Waals surface area contributed by atoms with Crippen LogP contribution < -0.4 is 5.73 Å². The summed E-state index contributed by atoms with van der Waals surface area (Å²) in [5.74, 6) is 0.648.